The molecule has 1 nitrogen and oxygen atoms in total. The highest BCUT2D eigenvalue weighted by Crippen LogP contribution is 2.44. The molecule has 1 atom stereocenters. The fourth-order valence-electron chi connectivity index (χ4n) is 2.76. The van der Waals surface area contributed by atoms with Crippen LogP contribution in [0.4, 0.5) is 0 Å². The smallest absolute Gasteiger partial charge is 0.119 e. The van der Waals surface area contributed by atoms with Gasteiger partial charge >= 0.3 is 0 Å². The highest BCUT2D eigenvalue weighted by molar-refractivity contribution is 5.46. The highest BCUT2D eigenvalue weighted by Gasteiger charge is 2.35. The van der Waals surface area contributed by atoms with Crippen LogP contribution in [0.25, 0.3) is 0 Å². The lowest BCUT2D eigenvalue weighted by molar-refractivity contribution is 0.361. The Kier molecular flexibility index (Phi) is 3.60. The third kappa shape index (κ3) is 2.10. The van der Waals surface area contributed by atoms with Crippen LogP contribution in [0.3, 0.4) is 0 Å². The largest absolute Gasteiger partial charge is 0.508 e. The van der Waals surface area contributed by atoms with Crippen LogP contribution in [0.15, 0.2) is 48.1 Å². The summed E-state index contributed by atoms with van der Waals surface area (Å²) < 4.78 is 0. The van der Waals surface area contributed by atoms with Crippen molar-refractivity contribution in [3.8, 4) is 5.75 Å². The Bertz CT molecular complexity index is 482. The maximum Gasteiger partial charge on any atom is 0.119 e. The van der Waals surface area contributed by atoms with E-state index in [2.05, 4.69) is 39.0 Å². The molecule has 0 saturated heterocycles. The Hall–Kier alpha value is -1.50. The molecule has 0 spiro atoms. The topological polar surface area (TPSA) is 20.2 Å². The van der Waals surface area contributed by atoms with Gasteiger partial charge < -0.3 is 5.11 Å². The Balaban J connectivity index is 2.46. The van der Waals surface area contributed by atoms with E-state index in [1.54, 1.807) is 6.07 Å². The molecule has 0 aliphatic heterocycles. The molecule has 2 rings (SSSR count). The van der Waals surface area contributed by atoms with Gasteiger partial charge in [0.05, 0.1) is 0 Å². The van der Waals surface area contributed by atoms with Crippen molar-refractivity contribution in [3.63, 3.8) is 0 Å². The molecule has 18 heavy (non-hydrogen) atoms. The first-order valence-corrected chi connectivity index (χ1v) is 6.77. The van der Waals surface area contributed by atoms with Crippen LogP contribution in [0.1, 0.15) is 39.2 Å². The molecule has 1 aliphatic rings. The molecule has 1 aliphatic carbocycles. The molecule has 0 bridgehead atoms. The minimum absolute atomic E-state index is 0.0655. The molecular formula is C17H22O. The lowest BCUT2D eigenvalue weighted by Crippen LogP contribution is -2.31. The summed E-state index contributed by atoms with van der Waals surface area (Å²) in [6.07, 6.45) is 8.86. The van der Waals surface area contributed by atoms with Crippen molar-refractivity contribution in [1.29, 1.82) is 0 Å². The van der Waals surface area contributed by atoms with E-state index in [4.69, 9.17) is 0 Å². The van der Waals surface area contributed by atoms with Crippen LogP contribution in [0, 0.1) is 5.92 Å². The van der Waals surface area contributed by atoms with Crippen molar-refractivity contribution >= 4 is 0 Å². The second-order valence-electron chi connectivity index (χ2n) is 5.38. The second kappa shape index (κ2) is 5.01. The molecule has 0 fully saturated rings. The van der Waals surface area contributed by atoms with Crippen LogP contribution in [0.5, 0.6) is 5.75 Å². The summed E-state index contributed by atoms with van der Waals surface area (Å²) in [6.45, 7) is 6.63. The standard InChI is InChI=1S/C17H22O/c1-4-14-9-11-17(12-10-14,13(2)3)15-7-5-6-8-16(15)18/h5-11,13,18H,4,12H2,1-3H3. The van der Waals surface area contributed by atoms with Crippen molar-refractivity contribution in [2.24, 2.45) is 5.92 Å². The van der Waals surface area contributed by atoms with E-state index in [0.717, 1.165) is 18.4 Å². The Morgan fingerprint density at radius 1 is 1.28 bits per heavy atom. The average molecular weight is 242 g/mol. The van der Waals surface area contributed by atoms with Crippen molar-refractivity contribution < 1.29 is 5.11 Å². The Labute approximate surface area is 110 Å². The van der Waals surface area contributed by atoms with Gasteiger partial charge in [-0.05, 0) is 24.8 Å². The van der Waals surface area contributed by atoms with Crippen molar-refractivity contribution in [2.45, 2.75) is 39.0 Å². The minimum atomic E-state index is -0.0655. The van der Waals surface area contributed by atoms with E-state index in [0.29, 0.717) is 11.7 Å². The zero-order valence-corrected chi connectivity index (χ0v) is 11.5. The SMILES string of the molecule is CCC1=CCC(c2ccccc2O)(C(C)C)C=C1. The van der Waals surface area contributed by atoms with Gasteiger partial charge in [0.25, 0.3) is 0 Å². The average Bonchev–Trinajstić information content (AvgIpc) is 2.39. The zero-order chi connectivity index (χ0) is 13.2. The Morgan fingerprint density at radius 2 is 2.00 bits per heavy atom. The molecule has 1 N–H and O–H groups in total. The van der Waals surface area contributed by atoms with Crippen LogP contribution >= 0.6 is 0 Å². The number of phenols is 1. The van der Waals surface area contributed by atoms with Crippen molar-refractivity contribution in [1.82, 2.24) is 0 Å². The fourth-order valence-corrected chi connectivity index (χ4v) is 2.76. The quantitative estimate of drug-likeness (QED) is 0.822. The van der Waals surface area contributed by atoms with Gasteiger partial charge in [-0.3, -0.25) is 0 Å². The van der Waals surface area contributed by atoms with Gasteiger partial charge in [-0.15, -0.1) is 0 Å². The van der Waals surface area contributed by atoms with E-state index in [9.17, 15) is 5.11 Å². The van der Waals surface area contributed by atoms with Crippen LogP contribution in [-0.2, 0) is 5.41 Å². The van der Waals surface area contributed by atoms with Gasteiger partial charge in [0.15, 0.2) is 0 Å². The first kappa shape index (κ1) is 12.9. The van der Waals surface area contributed by atoms with Crippen molar-refractivity contribution in [3.05, 3.63) is 53.6 Å². The molecular weight excluding hydrogens is 220 g/mol. The maximum absolute atomic E-state index is 10.1. The highest BCUT2D eigenvalue weighted by atomic mass is 16.3. The predicted molar refractivity (Wildman–Crippen MR) is 76.8 cm³/mol. The molecule has 1 aromatic rings. The summed E-state index contributed by atoms with van der Waals surface area (Å²) in [6, 6.07) is 7.72. The lowest BCUT2D eigenvalue weighted by atomic mass is 9.67. The van der Waals surface area contributed by atoms with Gasteiger partial charge in [-0.1, -0.05) is 62.8 Å². The molecule has 0 amide bonds. The number of para-hydroxylation sites is 1. The molecule has 1 heteroatoms. The van der Waals surface area contributed by atoms with Gasteiger partial charge in [-0.2, -0.15) is 0 Å². The van der Waals surface area contributed by atoms with Gasteiger partial charge in [0, 0.05) is 11.0 Å². The fraction of sp³-hybridized carbons (Fsp3) is 0.412. The molecule has 0 radical (unpaired) electrons. The predicted octanol–water partition coefficient (Wildman–Crippen LogP) is 4.58. The monoisotopic (exact) mass is 242 g/mol. The molecule has 0 aromatic heterocycles. The minimum Gasteiger partial charge on any atom is -0.508 e. The number of allylic oxidation sites excluding steroid dienone is 4. The zero-order valence-electron chi connectivity index (χ0n) is 11.5. The summed E-state index contributed by atoms with van der Waals surface area (Å²) in [5, 5.41) is 10.1. The number of aromatic hydroxyl groups is 1. The van der Waals surface area contributed by atoms with E-state index < -0.39 is 0 Å². The third-order valence-corrected chi connectivity index (χ3v) is 4.14. The number of hydrogen-bond acceptors (Lipinski definition) is 1. The van der Waals surface area contributed by atoms with E-state index in [1.807, 2.05) is 18.2 Å². The van der Waals surface area contributed by atoms with Crippen LogP contribution < -0.4 is 0 Å². The van der Waals surface area contributed by atoms with E-state index in [-0.39, 0.29) is 5.41 Å². The summed E-state index contributed by atoms with van der Waals surface area (Å²) in [7, 11) is 0. The first-order chi connectivity index (χ1) is 8.60. The molecule has 96 valence electrons. The summed E-state index contributed by atoms with van der Waals surface area (Å²) in [5.41, 5.74) is 2.37. The van der Waals surface area contributed by atoms with Crippen LogP contribution in [0.2, 0.25) is 0 Å². The molecule has 0 heterocycles. The van der Waals surface area contributed by atoms with E-state index in [1.165, 1.54) is 5.57 Å². The van der Waals surface area contributed by atoms with Gasteiger partial charge in [0.2, 0.25) is 0 Å². The number of phenolic OH excluding ortho intramolecular Hbond substituents is 1. The number of hydrogen-bond donors (Lipinski definition) is 1. The summed E-state index contributed by atoms with van der Waals surface area (Å²) in [5.74, 6) is 0.862. The van der Waals surface area contributed by atoms with E-state index >= 15 is 0 Å². The Morgan fingerprint density at radius 3 is 2.50 bits per heavy atom. The molecule has 1 unspecified atom stereocenters. The molecule has 0 saturated carbocycles. The van der Waals surface area contributed by atoms with Gasteiger partial charge in [0.1, 0.15) is 5.75 Å². The third-order valence-electron chi connectivity index (χ3n) is 4.14. The van der Waals surface area contributed by atoms with Crippen LogP contribution in [-0.4, -0.2) is 5.11 Å². The first-order valence-electron chi connectivity index (χ1n) is 6.77. The second-order valence-corrected chi connectivity index (χ2v) is 5.38. The van der Waals surface area contributed by atoms with Gasteiger partial charge in [-0.25, -0.2) is 0 Å². The summed E-state index contributed by atoms with van der Waals surface area (Å²) >= 11 is 0. The number of benzene rings is 1. The summed E-state index contributed by atoms with van der Waals surface area (Å²) in [4.78, 5) is 0. The molecule has 1 aromatic carbocycles. The number of rotatable bonds is 3. The maximum atomic E-state index is 10.1. The normalized spacial score (nSPS) is 23.2. The lowest BCUT2D eigenvalue weighted by Gasteiger charge is -2.37. The van der Waals surface area contributed by atoms with Crippen molar-refractivity contribution in [2.75, 3.05) is 0 Å².